The fourth-order valence-corrected chi connectivity index (χ4v) is 3.77. The number of aliphatic hydroxyl groups is 1. The molecule has 0 aromatic heterocycles. The number of nitrogens with zero attached hydrogens (tertiary/aromatic N) is 1. The van der Waals surface area contributed by atoms with E-state index in [1.54, 1.807) is 7.05 Å². The summed E-state index contributed by atoms with van der Waals surface area (Å²) in [5, 5.41) is 12.8. The highest BCUT2D eigenvalue weighted by Gasteiger charge is 2.62. The predicted molar refractivity (Wildman–Crippen MR) is 66.6 cm³/mol. The number of ketones is 1. The lowest BCUT2D eigenvalue weighted by molar-refractivity contribution is -0.167. The summed E-state index contributed by atoms with van der Waals surface area (Å²) in [6.45, 7) is 0.204. The van der Waals surface area contributed by atoms with Crippen LogP contribution in [0, 0.1) is 11.8 Å². The SMILES string of the molecule is CN1C=C(C(=O)C(F)(F)F)[C@@H]2C[C@H](O)[C@@]3(COC(=O)N3)[C@@H]2C1. The third-order valence-corrected chi connectivity index (χ3v) is 4.76. The van der Waals surface area contributed by atoms with Gasteiger partial charge in [0.25, 0.3) is 5.78 Å². The lowest BCUT2D eigenvalue weighted by Crippen LogP contribution is -2.58. The summed E-state index contributed by atoms with van der Waals surface area (Å²) in [4.78, 5) is 24.5. The Bertz CT molecular complexity index is 562. The zero-order valence-corrected chi connectivity index (χ0v) is 11.7. The smallest absolute Gasteiger partial charge is 0.447 e. The molecule has 1 amide bonds. The first kappa shape index (κ1) is 15.1. The van der Waals surface area contributed by atoms with Crippen LogP contribution in [-0.2, 0) is 9.53 Å². The molecule has 3 aliphatic rings. The largest absolute Gasteiger partial charge is 0.454 e. The van der Waals surface area contributed by atoms with E-state index in [0.717, 1.165) is 0 Å². The minimum atomic E-state index is -4.97. The Labute approximate surface area is 123 Å². The van der Waals surface area contributed by atoms with Crippen molar-refractivity contribution in [2.24, 2.45) is 11.8 Å². The van der Waals surface area contributed by atoms with E-state index in [2.05, 4.69) is 5.32 Å². The van der Waals surface area contributed by atoms with Gasteiger partial charge in [-0.3, -0.25) is 4.79 Å². The number of Topliss-reactive ketones (excluding diaryl/α,β-unsaturated/α-hetero) is 1. The van der Waals surface area contributed by atoms with Crippen LogP contribution in [0.1, 0.15) is 6.42 Å². The van der Waals surface area contributed by atoms with Gasteiger partial charge in [-0.2, -0.15) is 13.2 Å². The van der Waals surface area contributed by atoms with Crippen LogP contribution >= 0.6 is 0 Å². The molecule has 2 heterocycles. The van der Waals surface area contributed by atoms with Crippen molar-refractivity contribution in [3.8, 4) is 0 Å². The maximum atomic E-state index is 12.8. The standard InChI is InChI=1S/C13H15F3N2O4/c1-18-3-7(10(20)13(14,15)16)6-2-9(19)12(8(6)4-18)5-22-11(21)17-12/h3,6,8-9,19H,2,4-5H2,1H3,(H,17,21)/t6-,8+,9-,12+/m0/s1. The number of halogens is 3. The summed E-state index contributed by atoms with van der Waals surface area (Å²) >= 11 is 0. The summed E-state index contributed by atoms with van der Waals surface area (Å²) in [5.74, 6) is -3.18. The zero-order chi connectivity index (χ0) is 16.3. The molecule has 1 spiro atoms. The first-order valence-electron chi connectivity index (χ1n) is 6.81. The molecule has 0 aromatic carbocycles. The number of hydrogen-bond acceptors (Lipinski definition) is 5. The molecule has 2 aliphatic heterocycles. The molecular weight excluding hydrogens is 305 g/mol. The fourth-order valence-electron chi connectivity index (χ4n) is 3.77. The Morgan fingerprint density at radius 2 is 2.23 bits per heavy atom. The number of amides is 1. The van der Waals surface area contributed by atoms with Gasteiger partial charge in [0.2, 0.25) is 0 Å². The lowest BCUT2D eigenvalue weighted by Gasteiger charge is -2.39. The monoisotopic (exact) mass is 320 g/mol. The highest BCUT2D eigenvalue weighted by Crippen LogP contribution is 2.49. The van der Waals surface area contributed by atoms with Crippen LogP contribution in [-0.4, -0.2) is 59.9 Å². The summed E-state index contributed by atoms with van der Waals surface area (Å²) in [5.41, 5.74) is -1.51. The topological polar surface area (TPSA) is 78.9 Å². The van der Waals surface area contributed by atoms with Gasteiger partial charge < -0.3 is 20.1 Å². The van der Waals surface area contributed by atoms with Crippen molar-refractivity contribution in [3.05, 3.63) is 11.8 Å². The summed E-state index contributed by atoms with van der Waals surface area (Å²) in [6, 6.07) is 0. The maximum absolute atomic E-state index is 12.8. The van der Waals surface area contributed by atoms with Crippen LogP contribution < -0.4 is 5.32 Å². The predicted octanol–water partition coefficient (Wildman–Crippen LogP) is 0.423. The highest BCUT2D eigenvalue weighted by atomic mass is 19.4. The van der Waals surface area contributed by atoms with Crippen LogP contribution in [0.4, 0.5) is 18.0 Å². The molecule has 1 saturated carbocycles. The van der Waals surface area contributed by atoms with E-state index in [1.165, 1.54) is 11.1 Å². The zero-order valence-electron chi connectivity index (χ0n) is 11.7. The number of rotatable bonds is 1. The van der Waals surface area contributed by atoms with Crippen LogP contribution in [0.5, 0.6) is 0 Å². The highest BCUT2D eigenvalue weighted by molar-refractivity contribution is 6.00. The number of nitrogens with one attached hydrogen (secondary N) is 1. The van der Waals surface area contributed by atoms with Crippen molar-refractivity contribution in [2.45, 2.75) is 24.2 Å². The second kappa shape index (κ2) is 4.61. The fraction of sp³-hybridized carbons (Fsp3) is 0.692. The van der Waals surface area contributed by atoms with Gasteiger partial charge in [0, 0.05) is 31.3 Å². The molecule has 3 rings (SSSR count). The molecular formula is C13H15F3N2O4. The third kappa shape index (κ3) is 2.06. The molecule has 0 unspecified atom stereocenters. The van der Waals surface area contributed by atoms with Gasteiger partial charge in [-0.15, -0.1) is 0 Å². The number of allylic oxidation sites excluding steroid dienone is 1. The first-order chi connectivity index (χ1) is 10.1. The number of alkyl carbamates (subject to hydrolysis) is 1. The van der Waals surface area contributed by atoms with Crippen molar-refractivity contribution in [1.82, 2.24) is 10.2 Å². The number of carbonyl (C=O) groups excluding carboxylic acids is 2. The van der Waals surface area contributed by atoms with Crippen LogP contribution in [0.25, 0.3) is 0 Å². The Morgan fingerprint density at radius 3 is 2.77 bits per heavy atom. The first-order valence-corrected chi connectivity index (χ1v) is 6.81. The van der Waals surface area contributed by atoms with E-state index >= 15 is 0 Å². The Balaban J connectivity index is 1.97. The van der Waals surface area contributed by atoms with Crippen molar-refractivity contribution in [3.63, 3.8) is 0 Å². The molecule has 1 aliphatic carbocycles. The maximum Gasteiger partial charge on any atom is 0.454 e. The Hall–Kier alpha value is -1.77. The molecule has 1 saturated heterocycles. The van der Waals surface area contributed by atoms with Crippen molar-refractivity contribution in [2.75, 3.05) is 20.2 Å². The van der Waals surface area contributed by atoms with E-state index in [1.807, 2.05) is 0 Å². The number of hydrogen-bond donors (Lipinski definition) is 2. The van der Waals surface area contributed by atoms with Gasteiger partial charge in [-0.1, -0.05) is 0 Å². The molecule has 0 aromatic rings. The number of fused-ring (bicyclic) bond motifs is 2. The minimum absolute atomic E-state index is 0.0181. The molecule has 9 heteroatoms. The summed E-state index contributed by atoms with van der Waals surface area (Å²) < 4.78 is 43.2. The van der Waals surface area contributed by atoms with Gasteiger partial charge in [0.05, 0.1) is 6.10 Å². The van der Waals surface area contributed by atoms with Crippen LogP contribution in [0.15, 0.2) is 11.8 Å². The molecule has 0 radical (unpaired) electrons. The minimum Gasteiger partial charge on any atom is -0.447 e. The van der Waals surface area contributed by atoms with E-state index in [4.69, 9.17) is 4.74 Å². The molecule has 6 nitrogen and oxygen atoms in total. The van der Waals surface area contributed by atoms with Crippen molar-refractivity contribution in [1.29, 1.82) is 0 Å². The van der Waals surface area contributed by atoms with Crippen LogP contribution in [0.3, 0.4) is 0 Å². The number of carbonyl (C=O) groups is 2. The number of aliphatic hydroxyl groups excluding tert-OH is 1. The summed E-state index contributed by atoms with van der Waals surface area (Å²) in [7, 11) is 1.55. The molecule has 22 heavy (non-hydrogen) atoms. The number of cyclic esters (lactones) is 1. The Morgan fingerprint density at radius 1 is 1.55 bits per heavy atom. The lowest BCUT2D eigenvalue weighted by atomic mass is 9.77. The third-order valence-electron chi connectivity index (χ3n) is 4.76. The van der Waals surface area contributed by atoms with Gasteiger partial charge in [-0.25, -0.2) is 4.79 Å². The second-order valence-electron chi connectivity index (χ2n) is 6.06. The van der Waals surface area contributed by atoms with Gasteiger partial charge >= 0.3 is 12.3 Å². The Kier molecular flexibility index (Phi) is 3.17. The van der Waals surface area contributed by atoms with E-state index < -0.39 is 41.5 Å². The number of ether oxygens (including phenoxy) is 1. The normalized spacial score (nSPS) is 37.7. The van der Waals surface area contributed by atoms with Gasteiger partial charge in [0.1, 0.15) is 12.1 Å². The molecule has 2 fully saturated rings. The molecule has 0 bridgehead atoms. The van der Waals surface area contributed by atoms with E-state index in [0.29, 0.717) is 6.54 Å². The molecule has 122 valence electrons. The molecule has 2 N–H and O–H groups in total. The average Bonchev–Trinajstić information content (AvgIpc) is 2.92. The average molecular weight is 320 g/mol. The van der Waals surface area contributed by atoms with E-state index in [-0.39, 0.29) is 18.6 Å². The quantitative estimate of drug-likeness (QED) is 0.732. The van der Waals surface area contributed by atoms with E-state index in [9.17, 15) is 27.9 Å². The molecule has 4 atom stereocenters. The number of alkyl halides is 3. The van der Waals surface area contributed by atoms with Crippen LogP contribution in [0.2, 0.25) is 0 Å². The summed E-state index contributed by atoms with van der Waals surface area (Å²) in [6.07, 6.45) is -5.58. The van der Waals surface area contributed by atoms with Gasteiger partial charge in [0.15, 0.2) is 0 Å². The van der Waals surface area contributed by atoms with Gasteiger partial charge in [-0.05, 0) is 12.3 Å². The van der Waals surface area contributed by atoms with Crippen molar-refractivity contribution >= 4 is 11.9 Å². The van der Waals surface area contributed by atoms with Crippen molar-refractivity contribution < 1.29 is 32.6 Å². The second-order valence-corrected chi connectivity index (χ2v) is 6.06.